The molecule has 0 saturated heterocycles. The Hall–Kier alpha value is -1.54. The first-order valence-electron chi connectivity index (χ1n) is 5.72. The molecule has 1 atom stereocenters. The summed E-state index contributed by atoms with van der Waals surface area (Å²) in [6, 6.07) is 5.37. The summed E-state index contributed by atoms with van der Waals surface area (Å²) in [7, 11) is 1.78. The fraction of sp³-hybridized carbons (Fsp3) is 0.462. The van der Waals surface area contributed by atoms with Gasteiger partial charge in [0.1, 0.15) is 11.8 Å². The lowest BCUT2D eigenvalue weighted by Crippen LogP contribution is -2.35. The summed E-state index contributed by atoms with van der Waals surface area (Å²) in [6.45, 7) is 2.03. The van der Waals surface area contributed by atoms with E-state index in [1.807, 2.05) is 13.0 Å². The predicted octanol–water partition coefficient (Wildman–Crippen LogP) is 2.17. The summed E-state index contributed by atoms with van der Waals surface area (Å²) in [6.07, 6.45) is 4.43. The lowest BCUT2D eigenvalue weighted by atomic mass is 10.2. The van der Waals surface area contributed by atoms with Crippen LogP contribution in [0.5, 0.6) is 0 Å². The van der Waals surface area contributed by atoms with Crippen molar-refractivity contribution < 1.29 is 4.79 Å². The van der Waals surface area contributed by atoms with Crippen molar-refractivity contribution in [2.45, 2.75) is 19.4 Å². The van der Waals surface area contributed by atoms with Crippen LogP contribution in [0.3, 0.4) is 0 Å². The van der Waals surface area contributed by atoms with Crippen LogP contribution in [0.1, 0.15) is 29.4 Å². The number of hydrogen-bond acceptors (Lipinski definition) is 4. The van der Waals surface area contributed by atoms with E-state index in [0.29, 0.717) is 11.3 Å². The number of nitriles is 1. The average Bonchev–Trinajstić information content (AvgIpc) is 2.43. The van der Waals surface area contributed by atoms with E-state index in [4.69, 9.17) is 5.26 Å². The Bertz CT molecular complexity index is 439. The Labute approximate surface area is 112 Å². The number of aromatic nitrogens is 1. The van der Waals surface area contributed by atoms with Crippen molar-refractivity contribution in [3.8, 4) is 6.07 Å². The molecule has 1 amide bonds. The SMILES string of the molecule is CSCCC(C)N(C)C(=O)c1ccc(C#N)cn1. The van der Waals surface area contributed by atoms with E-state index in [-0.39, 0.29) is 11.9 Å². The largest absolute Gasteiger partial charge is 0.338 e. The molecule has 5 heteroatoms. The van der Waals surface area contributed by atoms with E-state index >= 15 is 0 Å². The van der Waals surface area contributed by atoms with Crippen LogP contribution in [0.2, 0.25) is 0 Å². The molecule has 0 spiro atoms. The highest BCUT2D eigenvalue weighted by atomic mass is 32.2. The molecule has 1 heterocycles. The molecule has 0 fully saturated rings. The van der Waals surface area contributed by atoms with Gasteiger partial charge in [-0.2, -0.15) is 17.0 Å². The van der Waals surface area contributed by atoms with E-state index in [1.165, 1.54) is 6.20 Å². The number of amides is 1. The van der Waals surface area contributed by atoms with Gasteiger partial charge in [-0.1, -0.05) is 0 Å². The Kier molecular flexibility index (Phi) is 5.66. The molecule has 0 aliphatic rings. The Morgan fingerprint density at radius 1 is 1.61 bits per heavy atom. The molecule has 0 aliphatic heterocycles. The van der Waals surface area contributed by atoms with Crippen LogP contribution < -0.4 is 0 Å². The van der Waals surface area contributed by atoms with Crippen molar-refractivity contribution in [2.75, 3.05) is 19.1 Å². The molecule has 4 nitrogen and oxygen atoms in total. The first-order chi connectivity index (χ1) is 8.60. The van der Waals surface area contributed by atoms with Gasteiger partial charge >= 0.3 is 0 Å². The van der Waals surface area contributed by atoms with Gasteiger partial charge in [0.25, 0.3) is 5.91 Å². The second-order valence-electron chi connectivity index (χ2n) is 4.09. The third-order valence-corrected chi connectivity index (χ3v) is 3.48. The van der Waals surface area contributed by atoms with E-state index in [2.05, 4.69) is 11.2 Å². The van der Waals surface area contributed by atoms with Gasteiger partial charge in [-0.15, -0.1) is 0 Å². The first kappa shape index (κ1) is 14.5. The maximum absolute atomic E-state index is 12.1. The summed E-state index contributed by atoms with van der Waals surface area (Å²) < 4.78 is 0. The molecule has 1 aromatic heterocycles. The molecule has 96 valence electrons. The van der Waals surface area contributed by atoms with Crippen LogP contribution in [0.15, 0.2) is 18.3 Å². The standard InChI is InChI=1S/C13H17N3OS/c1-10(6-7-18-3)16(2)13(17)12-5-4-11(8-14)9-15-12/h4-5,9-10H,6-7H2,1-3H3. The maximum atomic E-state index is 12.1. The van der Waals surface area contributed by atoms with Crippen molar-refractivity contribution in [3.05, 3.63) is 29.6 Å². The van der Waals surface area contributed by atoms with Gasteiger partial charge in [0, 0.05) is 19.3 Å². The van der Waals surface area contributed by atoms with Gasteiger partial charge in [-0.05, 0) is 37.5 Å². The van der Waals surface area contributed by atoms with Crippen LogP contribution in [-0.4, -0.2) is 40.9 Å². The van der Waals surface area contributed by atoms with E-state index in [9.17, 15) is 4.79 Å². The summed E-state index contributed by atoms with van der Waals surface area (Å²) in [4.78, 5) is 17.8. The lowest BCUT2D eigenvalue weighted by molar-refractivity contribution is 0.0735. The second-order valence-corrected chi connectivity index (χ2v) is 5.08. The fourth-order valence-corrected chi connectivity index (χ4v) is 2.03. The Balaban J connectivity index is 2.70. The number of thioether (sulfide) groups is 1. The average molecular weight is 263 g/mol. The summed E-state index contributed by atoms with van der Waals surface area (Å²) in [5.41, 5.74) is 0.845. The van der Waals surface area contributed by atoms with E-state index < -0.39 is 0 Å². The summed E-state index contributed by atoms with van der Waals surface area (Å²) >= 11 is 1.77. The molecule has 0 bridgehead atoms. The molecule has 18 heavy (non-hydrogen) atoms. The van der Waals surface area contributed by atoms with Gasteiger partial charge in [0.2, 0.25) is 0 Å². The van der Waals surface area contributed by atoms with E-state index in [0.717, 1.165) is 12.2 Å². The van der Waals surface area contributed by atoms with Crippen molar-refractivity contribution in [1.82, 2.24) is 9.88 Å². The van der Waals surface area contributed by atoms with Crippen LogP contribution in [-0.2, 0) is 0 Å². The highest BCUT2D eigenvalue weighted by Gasteiger charge is 2.18. The highest BCUT2D eigenvalue weighted by molar-refractivity contribution is 7.98. The minimum atomic E-state index is -0.104. The minimum Gasteiger partial charge on any atom is -0.338 e. The third kappa shape index (κ3) is 3.74. The molecule has 0 radical (unpaired) electrons. The maximum Gasteiger partial charge on any atom is 0.272 e. The normalized spacial score (nSPS) is 11.7. The molecule has 0 N–H and O–H groups in total. The van der Waals surface area contributed by atoms with Gasteiger partial charge in [0.15, 0.2) is 0 Å². The van der Waals surface area contributed by atoms with E-state index in [1.54, 1.807) is 35.8 Å². The number of carbonyl (C=O) groups excluding carboxylic acids is 1. The molecule has 1 unspecified atom stereocenters. The molecular weight excluding hydrogens is 246 g/mol. The zero-order valence-corrected chi connectivity index (χ0v) is 11.7. The summed E-state index contributed by atoms with van der Waals surface area (Å²) in [5, 5.41) is 8.67. The van der Waals surface area contributed by atoms with Crippen molar-refractivity contribution in [2.24, 2.45) is 0 Å². The van der Waals surface area contributed by atoms with Gasteiger partial charge in [0.05, 0.1) is 5.56 Å². The van der Waals surface area contributed by atoms with Crippen molar-refractivity contribution in [3.63, 3.8) is 0 Å². The number of hydrogen-bond donors (Lipinski definition) is 0. The zero-order chi connectivity index (χ0) is 13.5. The smallest absolute Gasteiger partial charge is 0.272 e. The zero-order valence-electron chi connectivity index (χ0n) is 10.9. The fourth-order valence-electron chi connectivity index (χ4n) is 1.45. The quantitative estimate of drug-likeness (QED) is 0.817. The summed E-state index contributed by atoms with van der Waals surface area (Å²) in [5.74, 6) is 0.924. The van der Waals surface area contributed by atoms with Gasteiger partial charge < -0.3 is 4.90 Å². The molecule has 1 rings (SSSR count). The number of nitrogens with zero attached hydrogens (tertiary/aromatic N) is 3. The number of rotatable bonds is 5. The van der Waals surface area contributed by atoms with Crippen LogP contribution in [0.25, 0.3) is 0 Å². The number of carbonyl (C=O) groups is 1. The topological polar surface area (TPSA) is 57.0 Å². The predicted molar refractivity (Wildman–Crippen MR) is 73.5 cm³/mol. The van der Waals surface area contributed by atoms with Crippen LogP contribution >= 0.6 is 11.8 Å². The van der Waals surface area contributed by atoms with Crippen molar-refractivity contribution in [1.29, 1.82) is 5.26 Å². The minimum absolute atomic E-state index is 0.104. The highest BCUT2D eigenvalue weighted by Crippen LogP contribution is 2.10. The monoisotopic (exact) mass is 263 g/mol. The molecule has 0 aliphatic carbocycles. The molecule has 1 aromatic rings. The first-order valence-corrected chi connectivity index (χ1v) is 7.11. The molecular formula is C13H17N3OS. The van der Waals surface area contributed by atoms with Crippen LogP contribution in [0.4, 0.5) is 0 Å². The Morgan fingerprint density at radius 3 is 2.83 bits per heavy atom. The Morgan fingerprint density at radius 2 is 2.33 bits per heavy atom. The van der Waals surface area contributed by atoms with Crippen LogP contribution in [0, 0.1) is 11.3 Å². The van der Waals surface area contributed by atoms with Crippen molar-refractivity contribution >= 4 is 17.7 Å². The third-order valence-electron chi connectivity index (χ3n) is 2.83. The second kappa shape index (κ2) is 7.02. The molecule has 0 saturated carbocycles. The lowest BCUT2D eigenvalue weighted by Gasteiger charge is -2.24. The van der Waals surface area contributed by atoms with Gasteiger partial charge in [-0.3, -0.25) is 4.79 Å². The number of pyridine rings is 1. The van der Waals surface area contributed by atoms with Gasteiger partial charge in [-0.25, -0.2) is 4.98 Å². The molecule has 0 aromatic carbocycles.